The molecule has 6 heteroatoms. The van der Waals surface area contributed by atoms with Gasteiger partial charge in [-0.1, -0.05) is 6.07 Å². The molecule has 0 bridgehead atoms. The Bertz CT molecular complexity index is 548. The Morgan fingerprint density at radius 3 is 2.78 bits per heavy atom. The second kappa shape index (κ2) is 4.87. The summed E-state index contributed by atoms with van der Waals surface area (Å²) in [6, 6.07) is 5.74. The van der Waals surface area contributed by atoms with Crippen LogP contribution in [0.25, 0.3) is 0 Å². The minimum absolute atomic E-state index is 0.196. The number of carbonyl (C=O) groups is 1. The summed E-state index contributed by atoms with van der Waals surface area (Å²) in [6.45, 7) is 2.03. The van der Waals surface area contributed by atoms with Crippen molar-refractivity contribution in [3.05, 3.63) is 35.9 Å². The summed E-state index contributed by atoms with van der Waals surface area (Å²) in [4.78, 5) is 17.6. The highest BCUT2D eigenvalue weighted by Gasteiger charge is 2.10. The first-order valence-electron chi connectivity index (χ1n) is 5.52. The topological polar surface area (TPSA) is 73.9 Å². The molecular weight excluding hydrogens is 230 g/mol. The molecule has 1 aromatic carbocycles. The average Bonchev–Trinajstić information content (AvgIpc) is 2.85. The monoisotopic (exact) mass is 245 g/mol. The van der Waals surface area contributed by atoms with E-state index in [1.807, 2.05) is 44.1 Å². The van der Waals surface area contributed by atoms with Crippen molar-refractivity contribution >= 4 is 17.3 Å². The number of aryl methyl sites for hydroxylation is 1. The van der Waals surface area contributed by atoms with Gasteiger partial charge in [0, 0.05) is 25.5 Å². The Morgan fingerprint density at radius 1 is 1.39 bits per heavy atom. The molecule has 0 saturated heterocycles. The smallest absolute Gasteiger partial charge is 0.292 e. The third-order valence-corrected chi connectivity index (χ3v) is 2.58. The van der Waals surface area contributed by atoms with Gasteiger partial charge in [0.05, 0.1) is 0 Å². The van der Waals surface area contributed by atoms with Crippen molar-refractivity contribution < 1.29 is 4.79 Å². The molecular formula is C12H15N5O. The third kappa shape index (κ3) is 2.48. The molecule has 0 spiro atoms. The highest BCUT2D eigenvalue weighted by atomic mass is 16.2. The van der Waals surface area contributed by atoms with Crippen LogP contribution in [0.5, 0.6) is 0 Å². The van der Waals surface area contributed by atoms with Gasteiger partial charge in [-0.25, -0.2) is 4.98 Å². The number of aromatic amines is 1. The fraction of sp³-hybridized carbons (Fsp3) is 0.250. The van der Waals surface area contributed by atoms with Crippen LogP contribution in [-0.4, -0.2) is 35.2 Å². The molecule has 18 heavy (non-hydrogen) atoms. The molecule has 0 radical (unpaired) electrons. The lowest BCUT2D eigenvalue weighted by Gasteiger charge is -2.16. The number of amides is 1. The van der Waals surface area contributed by atoms with Gasteiger partial charge >= 0.3 is 0 Å². The molecule has 0 aliphatic heterocycles. The van der Waals surface area contributed by atoms with Crippen molar-refractivity contribution in [3.63, 3.8) is 0 Å². The molecule has 1 heterocycles. The van der Waals surface area contributed by atoms with E-state index in [4.69, 9.17) is 0 Å². The summed E-state index contributed by atoms with van der Waals surface area (Å²) in [5, 5.41) is 8.93. The average molecular weight is 245 g/mol. The van der Waals surface area contributed by atoms with E-state index in [-0.39, 0.29) is 11.7 Å². The van der Waals surface area contributed by atoms with Crippen LogP contribution in [0.2, 0.25) is 0 Å². The number of nitrogens with zero attached hydrogens (tertiary/aromatic N) is 3. The predicted molar refractivity (Wildman–Crippen MR) is 69.8 cm³/mol. The summed E-state index contributed by atoms with van der Waals surface area (Å²) in [6.07, 6.45) is 1.30. The molecule has 0 aliphatic rings. The van der Waals surface area contributed by atoms with Crippen LogP contribution in [0.1, 0.15) is 16.2 Å². The second-order valence-corrected chi connectivity index (χ2v) is 4.18. The van der Waals surface area contributed by atoms with Crippen LogP contribution in [0.3, 0.4) is 0 Å². The maximum absolute atomic E-state index is 11.8. The van der Waals surface area contributed by atoms with Crippen LogP contribution in [0.4, 0.5) is 11.4 Å². The number of rotatable bonds is 3. The predicted octanol–water partition coefficient (Wildman–Crippen LogP) is 1.43. The Balaban J connectivity index is 2.20. The first-order valence-corrected chi connectivity index (χ1v) is 5.52. The van der Waals surface area contributed by atoms with Crippen molar-refractivity contribution in [1.29, 1.82) is 0 Å². The molecule has 2 N–H and O–H groups in total. The third-order valence-electron chi connectivity index (χ3n) is 2.58. The zero-order valence-electron chi connectivity index (χ0n) is 10.6. The summed E-state index contributed by atoms with van der Waals surface area (Å²) in [5.74, 6) is -0.108. The Kier molecular flexibility index (Phi) is 3.27. The fourth-order valence-electron chi connectivity index (χ4n) is 1.67. The molecule has 1 amide bonds. The number of aromatic nitrogens is 3. The molecule has 2 rings (SSSR count). The molecule has 0 atom stereocenters. The summed E-state index contributed by atoms with van der Waals surface area (Å²) in [5.41, 5.74) is 2.94. The van der Waals surface area contributed by atoms with Crippen LogP contribution < -0.4 is 10.2 Å². The van der Waals surface area contributed by atoms with E-state index in [9.17, 15) is 4.79 Å². The van der Waals surface area contributed by atoms with E-state index in [0.29, 0.717) is 0 Å². The maximum atomic E-state index is 11.8. The van der Waals surface area contributed by atoms with Gasteiger partial charge in [-0.05, 0) is 24.6 Å². The SMILES string of the molecule is Cc1ccc(NC(=O)c2ncn[nH]2)cc1N(C)C. The number of hydrogen-bond donors (Lipinski definition) is 2. The molecule has 94 valence electrons. The molecule has 0 saturated carbocycles. The van der Waals surface area contributed by atoms with Crippen molar-refractivity contribution in [2.75, 3.05) is 24.3 Å². The highest BCUT2D eigenvalue weighted by molar-refractivity contribution is 6.01. The Morgan fingerprint density at radius 2 is 2.17 bits per heavy atom. The van der Waals surface area contributed by atoms with Gasteiger partial charge in [0.1, 0.15) is 6.33 Å². The number of nitrogens with one attached hydrogen (secondary N) is 2. The van der Waals surface area contributed by atoms with Gasteiger partial charge in [-0.3, -0.25) is 9.89 Å². The Labute approximate surface area is 105 Å². The molecule has 2 aromatic rings. The van der Waals surface area contributed by atoms with E-state index in [0.717, 1.165) is 16.9 Å². The standard InChI is InChI=1S/C12H15N5O/c1-8-4-5-9(6-10(8)17(2)3)15-12(18)11-13-7-14-16-11/h4-7H,1-3H3,(H,15,18)(H,13,14,16). The number of anilines is 2. The summed E-state index contributed by atoms with van der Waals surface area (Å²) < 4.78 is 0. The van der Waals surface area contributed by atoms with Gasteiger partial charge in [-0.15, -0.1) is 0 Å². The molecule has 6 nitrogen and oxygen atoms in total. The number of benzene rings is 1. The quantitative estimate of drug-likeness (QED) is 0.858. The summed E-state index contributed by atoms with van der Waals surface area (Å²) in [7, 11) is 3.93. The molecule has 0 unspecified atom stereocenters. The van der Waals surface area contributed by atoms with Crippen molar-refractivity contribution in [1.82, 2.24) is 15.2 Å². The fourth-order valence-corrected chi connectivity index (χ4v) is 1.67. The first kappa shape index (κ1) is 12.1. The van der Waals surface area contributed by atoms with Crippen LogP contribution in [0.15, 0.2) is 24.5 Å². The minimum Gasteiger partial charge on any atom is -0.377 e. The lowest BCUT2D eigenvalue weighted by atomic mass is 10.1. The van der Waals surface area contributed by atoms with Gasteiger partial charge in [0.25, 0.3) is 5.91 Å². The maximum Gasteiger partial charge on any atom is 0.292 e. The van der Waals surface area contributed by atoms with Crippen LogP contribution in [0, 0.1) is 6.92 Å². The molecule has 0 fully saturated rings. The number of hydrogen-bond acceptors (Lipinski definition) is 4. The highest BCUT2D eigenvalue weighted by Crippen LogP contribution is 2.22. The number of carbonyl (C=O) groups excluding carboxylic acids is 1. The Hall–Kier alpha value is -2.37. The van der Waals surface area contributed by atoms with Crippen molar-refractivity contribution in [2.45, 2.75) is 6.92 Å². The van der Waals surface area contributed by atoms with Gasteiger partial charge < -0.3 is 10.2 Å². The van der Waals surface area contributed by atoms with E-state index in [2.05, 4.69) is 20.5 Å². The zero-order valence-corrected chi connectivity index (χ0v) is 10.6. The molecule has 0 aliphatic carbocycles. The van der Waals surface area contributed by atoms with Gasteiger partial charge in [0.15, 0.2) is 0 Å². The molecule has 1 aromatic heterocycles. The number of H-pyrrole nitrogens is 1. The van der Waals surface area contributed by atoms with E-state index in [1.54, 1.807) is 0 Å². The van der Waals surface area contributed by atoms with Gasteiger partial charge in [-0.2, -0.15) is 5.10 Å². The minimum atomic E-state index is -0.305. The van der Waals surface area contributed by atoms with Crippen molar-refractivity contribution in [3.8, 4) is 0 Å². The first-order chi connectivity index (χ1) is 8.58. The lowest BCUT2D eigenvalue weighted by molar-refractivity contribution is 0.101. The van der Waals surface area contributed by atoms with Crippen LogP contribution in [-0.2, 0) is 0 Å². The van der Waals surface area contributed by atoms with Gasteiger partial charge in [0.2, 0.25) is 5.82 Å². The normalized spacial score (nSPS) is 10.2. The zero-order chi connectivity index (χ0) is 13.1. The lowest BCUT2D eigenvalue weighted by Crippen LogP contribution is -2.15. The van der Waals surface area contributed by atoms with E-state index < -0.39 is 0 Å². The second-order valence-electron chi connectivity index (χ2n) is 4.18. The van der Waals surface area contributed by atoms with Crippen LogP contribution >= 0.6 is 0 Å². The largest absolute Gasteiger partial charge is 0.377 e. The van der Waals surface area contributed by atoms with E-state index >= 15 is 0 Å². The summed E-state index contributed by atoms with van der Waals surface area (Å²) >= 11 is 0. The van der Waals surface area contributed by atoms with Crippen molar-refractivity contribution in [2.24, 2.45) is 0 Å². The van der Waals surface area contributed by atoms with E-state index in [1.165, 1.54) is 6.33 Å².